The Morgan fingerprint density at radius 3 is 2.37 bits per heavy atom. The molecule has 0 aliphatic carbocycles. The summed E-state index contributed by atoms with van der Waals surface area (Å²) in [5.74, 6) is 2.04. The molecule has 0 spiro atoms. The SMILES string of the molecule is O=C(c1ccnc(N2CCN(C3CN4CCC3CC4)CC2)c1)N1CCCC1. The second-order valence-corrected chi connectivity index (χ2v) is 8.63. The molecule has 27 heavy (non-hydrogen) atoms. The smallest absolute Gasteiger partial charge is 0.254 e. The van der Waals surface area contributed by atoms with Crippen molar-refractivity contribution in [2.24, 2.45) is 5.92 Å². The molecule has 0 saturated carbocycles. The Hall–Kier alpha value is -1.66. The van der Waals surface area contributed by atoms with Gasteiger partial charge in [-0.15, -0.1) is 0 Å². The summed E-state index contributed by atoms with van der Waals surface area (Å²) in [6, 6.07) is 4.63. The normalized spacial score (nSPS) is 31.5. The fourth-order valence-corrected chi connectivity index (χ4v) is 5.46. The summed E-state index contributed by atoms with van der Waals surface area (Å²) in [6.45, 7) is 9.93. The van der Waals surface area contributed by atoms with Crippen molar-refractivity contribution in [3.63, 3.8) is 0 Å². The van der Waals surface area contributed by atoms with Gasteiger partial charge in [0.05, 0.1) is 0 Å². The molecule has 6 heteroatoms. The summed E-state index contributed by atoms with van der Waals surface area (Å²) in [5, 5.41) is 0. The Morgan fingerprint density at radius 1 is 0.963 bits per heavy atom. The van der Waals surface area contributed by atoms with Gasteiger partial charge < -0.3 is 14.7 Å². The van der Waals surface area contributed by atoms with E-state index >= 15 is 0 Å². The Labute approximate surface area is 162 Å². The number of pyridine rings is 1. The summed E-state index contributed by atoms with van der Waals surface area (Å²) < 4.78 is 0. The summed E-state index contributed by atoms with van der Waals surface area (Å²) in [5.41, 5.74) is 0.793. The van der Waals surface area contributed by atoms with Crippen molar-refractivity contribution in [2.75, 3.05) is 63.8 Å². The predicted octanol–water partition coefficient (Wildman–Crippen LogP) is 1.53. The first-order valence-corrected chi connectivity index (χ1v) is 10.7. The van der Waals surface area contributed by atoms with E-state index in [-0.39, 0.29) is 5.91 Å². The third-order valence-electron chi connectivity index (χ3n) is 7.11. The van der Waals surface area contributed by atoms with E-state index < -0.39 is 0 Å². The number of hydrogen-bond acceptors (Lipinski definition) is 5. The molecule has 1 atom stereocenters. The van der Waals surface area contributed by atoms with E-state index in [0.29, 0.717) is 0 Å². The average Bonchev–Trinajstić information content (AvgIpc) is 3.29. The standard InChI is InChI=1S/C21H31N5O/c27-21(26-7-1-2-8-26)18-3-6-22-20(15-18)25-13-11-24(12-14-25)19-16-23-9-4-17(19)5-10-23/h3,6,15,17,19H,1-2,4-5,7-14,16H2. The number of nitrogens with zero attached hydrogens (tertiary/aromatic N) is 5. The molecule has 6 nitrogen and oxygen atoms in total. The summed E-state index contributed by atoms with van der Waals surface area (Å²) in [6.07, 6.45) is 6.83. The van der Waals surface area contributed by atoms with Crippen LogP contribution in [0.1, 0.15) is 36.0 Å². The highest BCUT2D eigenvalue weighted by atomic mass is 16.2. The Balaban J connectivity index is 1.22. The third-order valence-corrected chi connectivity index (χ3v) is 7.11. The summed E-state index contributed by atoms with van der Waals surface area (Å²) >= 11 is 0. The van der Waals surface area contributed by atoms with E-state index in [2.05, 4.69) is 19.7 Å². The number of piperazine rings is 1. The number of hydrogen-bond donors (Lipinski definition) is 0. The van der Waals surface area contributed by atoms with Crippen LogP contribution in [0.3, 0.4) is 0 Å². The van der Waals surface area contributed by atoms with E-state index in [1.165, 1.54) is 32.5 Å². The van der Waals surface area contributed by atoms with Gasteiger partial charge in [0.1, 0.15) is 5.82 Å². The van der Waals surface area contributed by atoms with Gasteiger partial charge >= 0.3 is 0 Å². The second kappa shape index (κ2) is 7.40. The van der Waals surface area contributed by atoms with E-state index in [9.17, 15) is 4.79 Å². The lowest BCUT2D eigenvalue weighted by molar-refractivity contribution is 0.00306. The molecule has 1 aromatic heterocycles. The molecule has 1 unspecified atom stereocenters. The van der Waals surface area contributed by atoms with Crippen molar-refractivity contribution >= 4 is 11.7 Å². The van der Waals surface area contributed by atoms with Crippen molar-refractivity contribution in [3.05, 3.63) is 23.9 Å². The summed E-state index contributed by atoms with van der Waals surface area (Å²) in [7, 11) is 0. The number of fused-ring (bicyclic) bond motifs is 3. The highest BCUT2D eigenvalue weighted by Crippen LogP contribution is 2.31. The number of amides is 1. The van der Waals surface area contributed by atoms with Crippen LogP contribution in [-0.2, 0) is 0 Å². The van der Waals surface area contributed by atoms with Crippen LogP contribution in [0.5, 0.6) is 0 Å². The molecular weight excluding hydrogens is 338 g/mol. The van der Waals surface area contributed by atoms with Crippen LogP contribution in [0.15, 0.2) is 18.3 Å². The zero-order chi connectivity index (χ0) is 18.2. The Kier molecular flexibility index (Phi) is 4.78. The first-order valence-electron chi connectivity index (χ1n) is 10.7. The first-order chi connectivity index (χ1) is 13.3. The van der Waals surface area contributed by atoms with Crippen LogP contribution in [0.2, 0.25) is 0 Å². The van der Waals surface area contributed by atoms with Gasteiger partial charge in [0, 0.05) is 63.6 Å². The maximum atomic E-state index is 12.7. The molecule has 146 valence electrons. The van der Waals surface area contributed by atoms with E-state index in [1.54, 1.807) is 6.20 Å². The van der Waals surface area contributed by atoms with Crippen LogP contribution >= 0.6 is 0 Å². The van der Waals surface area contributed by atoms with E-state index in [0.717, 1.165) is 75.5 Å². The van der Waals surface area contributed by atoms with Crippen molar-refractivity contribution < 1.29 is 4.79 Å². The highest BCUT2D eigenvalue weighted by molar-refractivity contribution is 5.95. The van der Waals surface area contributed by atoms with E-state index in [1.807, 2.05) is 17.0 Å². The second-order valence-electron chi connectivity index (χ2n) is 8.63. The fourth-order valence-electron chi connectivity index (χ4n) is 5.46. The molecule has 5 aliphatic heterocycles. The van der Waals surface area contributed by atoms with Gasteiger partial charge in [-0.05, 0) is 56.8 Å². The number of aromatic nitrogens is 1. The van der Waals surface area contributed by atoms with Crippen LogP contribution in [0, 0.1) is 5.92 Å². The number of rotatable bonds is 3. The monoisotopic (exact) mass is 369 g/mol. The minimum atomic E-state index is 0.169. The first kappa shape index (κ1) is 17.4. The van der Waals surface area contributed by atoms with Gasteiger partial charge in [-0.2, -0.15) is 0 Å². The van der Waals surface area contributed by atoms with Gasteiger partial charge in [0.2, 0.25) is 0 Å². The fraction of sp³-hybridized carbons (Fsp3) is 0.714. The minimum absolute atomic E-state index is 0.169. The maximum absolute atomic E-state index is 12.7. The molecular formula is C21H31N5O. The number of likely N-dealkylation sites (tertiary alicyclic amines) is 1. The van der Waals surface area contributed by atoms with Crippen LogP contribution in [0.4, 0.5) is 5.82 Å². The molecule has 6 rings (SSSR count). The Morgan fingerprint density at radius 2 is 1.70 bits per heavy atom. The van der Waals surface area contributed by atoms with Gasteiger partial charge in [-0.1, -0.05) is 0 Å². The lowest BCUT2D eigenvalue weighted by Gasteiger charge is -2.51. The lowest BCUT2D eigenvalue weighted by atomic mass is 9.83. The van der Waals surface area contributed by atoms with Crippen LogP contribution < -0.4 is 4.90 Å². The molecule has 5 fully saturated rings. The maximum Gasteiger partial charge on any atom is 0.254 e. The van der Waals surface area contributed by atoms with Gasteiger partial charge in [0.15, 0.2) is 0 Å². The van der Waals surface area contributed by atoms with Crippen molar-refractivity contribution in [2.45, 2.75) is 31.7 Å². The molecule has 0 radical (unpaired) electrons. The predicted molar refractivity (Wildman–Crippen MR) is 106 cm³/mol. The topological polar surface area (TPSA) is 42.9 Å². The third kappa shape index (κ3) is 3.45. The molecule has 2 bridgehead atoms. The lowest BCUT2D eigenvalue weighted by Crippen LogP contribution is -2.61. The van der Waals surface area contributed by atoms with Gasteiger partial charge in [0.25, 0.3) is 5.91 Å². The zero-order valence-corrected chi connectivity index (χ0v) is 16.2. The van der Waals surface area contributed by atoms with Crippen molar-refractivity contribution in [1.82, 2.24) is 19.7 Å². The number of piperidine rings is 3. The van der Waals surface area contributed by atoms with Crippen molar-refractivity contribution in [3.8, 4) is 0 Å². The molecule has 0 N–H and O–H groups in total. The Bertz CT molecular complexity index is 673. The minimum Gasteiger partial charge on any atom is -0.354 e. The average molecular weight is 370 g/mol. The van der Waals surface area contributed by atoms with Crippen LogP contribution in [-0.4, -0.2) is 90.5 Å². The van der Waals surface area contributed by atoms with Crippen molar-refractivity contribution in [1.29, 1.82) is 0 Å². The molecule has 0 aromatic carbocycles. The molecule has 6 heterocycles. The molecule has 5 aliphatic rings. The molecule has 1 aromatic rings. The van der Waals surface area contributed by atoms with Crippen LogP contribution in [0.25, 0.3) is 0 Å². The van der Waals surface area contributed by atoms with E-state index in [4.69, 9.17) is 0 Å². The quantitative estimate of drug-likeness (QED) is 0.809. The zero-order valence-electron chi connectivity index (χ0n) is 16.2. The molecule has 5 saturated heterocycles. The largest absolute Gasteiger partial charge is 0.354 e. The van der Waals surface area contributed by atoms with Gasteiger partial charge in [-0.25, -0.2) is 4.98 Å². The highest BCUT2D eigenvalue weighted by Gasteiger charge is 2.38. The van der Waals surface area contributed by atoms with Gasteiger partial charge in [-0.3, -0.25) is 9.69 Å². The summed E-state index contributed by atoms with van der Waals surface area (Å²) in [4.78, 5) is 27.0. The molecule has 1 amide bonds. The number of carbonyl (C=O) groups is 1. The number of anilines is 1. The number of carbonyl (C=O) groups excluding carboxylic acids is 1.